The Hall–Kier alpha value is -2.24. The van der Waals surface area contributed by atoms with E-state index in [0.717, 1.165) is 18.4 Å². The van der Waals surface area contributed by atoms with Crippen LogP contribution < -0.4 is 5.32 Å². The molecular formula is C19H28N2O4. The lowest BCUT2D eigenvalue weighted by atomic mass is 10.1. The molecule has 6 nitrogen and oxygen atoms in total. The van der Waals surface area contributed by atoms with Crippen molar-refractivity contribution in [3.63, 3.8) is 0 Å². The summed E-state index contributed by atoms with van der Waals surface area (Å²) in [5.74, 6) is 0.377. The summed E-state index contributed by atoms with van der Waals surface area (Å²) in [5.41, 5.74) is 0.487. The van der Waals surface area contributed by atoms with Crippen LogP contribution in [0, 0.1) is 5.92 Å². The lowest BCUT2D eigenvalue weighted by molar-refractivity contribution is 0.0287. The van der Waals surface area contributed by atoms with Gasteiger partial charge in [0.2, 0.25) is 0 Å². The van der Waals surface area contributed by atoms with E-state index in [-0.39, 0.29) is 12.7 Å². The first-order valence-electron chi connectivity index (χ1n) is 8.76. The largest absolute Gasteiger partial charge is 0.445 e. The second-order valence-electron chi connectivity index (χ2n) is 7.36. The van der Waals surface area contributed by atoms with Crippen LogP contribution in [0.2, 0.25) is 0 Å². The lowest BCUT2D eigenvalue weighted by Gasteiger charge is -2.24. The fraction of sp³-hybridized carbons (Fsp3) is 0.579. The molecule has 1 N–H and O–H groups in total. The Morgan fingerprint density at radius 1 is 1.24 bits per heavy atom. The van der Waals surface area contributed by atoms with Gasteiger partial charge in [0.1, 0.15) is 12.2 Å². The average Bonchev–Trinajstić information content (AvgIpc) is 3.01. The summed E-state index contributed by atoms with van der Waals surface area (Å²) in [6.07, 6.45) is 1.08. The minimum Gasteiger partial charge on any atom is -0.445 e. The number of carbonyl (C=O) groups excluding carboxylic acids is 2. The smallest absolute Gasteiger partial charge is 0.410 e. The molecule has 0 unspecified atom stereocenters. The van der Waals surface area contributed by atoms with Gasteiger partial charge in [-0.25, -0.2) is 9.59 Å². The van der Waals surface area contributed by atoms with Crippen LogP contribution in [-0.2, 0) is 16.1 Å². The normalized spacial score (nSPS) is 17.2. The van der Waals surface area contributed by atoms with Crippen LogP contribution in [0.1, 0.15) is 39.2 Å². The van der Waals surface area contributed by atoms with Crippen molar-refractivity contribution in [2.75, 3.05) is 19.6 Å². The molecule has 138 valence electrons. The van der Waals surface area contributed by atoms with Gasteiger partial charge in [-0.05, 0) is 45.1 Å². The molecular weight excluding hydrogens is 320 g/mol. The van der Waals surface area contributed by atoms with Crippen LogP contribution in [-0.4, -0.2) is 42.3 Å². The molecule has 25 heavy (non-hydrogen) atoms. The Kier molecular flexibility index (Phi) is 6.67. The van der Waals surface area contributed by atoms with Crippen LogP contribution in [0.4, 0.5) is 9.59 Å². The van der Waals surface area contributed by atoms with Crippen molar-refractivity contribution in [3.05, 3.63) is 35.9 Å². The number of amides is 2. The van der Waals surface area contributed by atoms with Crippen molar-refractivity contribution in [2.45, 2.75) is 45.8 Å². The summed E-state index contributed by atoms with van der Waals surface area (Å²) in [6, 6.07) is 9.57. The van der Waals surface area contributed by atoms with E-state index in [1.807, 2.05) is 51.1 Å². The molecule has 1 aliphatic rings. The monoisotopic (exact) mass is 348 g/mol. The predicted molar refractivity (Wildman–Crippen MR) is 95.2 cm³/mol. The zero-order valence-corrected chi connectivity index (χ0v) is 15.3. The molecule has 0 saturated carbocycles. The standard InChI is InChI=1S/C19H28N2O4/c1-19(2,3)25-18(23)21-12-10-15(13-21)9-11-20-17(22)24-14-16-7-5-4-6-8-16/h4-8,15H,9-14H2,1-3H3,(H,20,22)/t15-/m1/s1. The molecule has 1 atom stereocenters. The number of rotatable bonds is 5. The molecule has 1 fully saturated rings. The van der Waals surface area contributed by atoms with Gasteiger partial charge in [-0.2, -0.15) is 0 Å². The van der Waals surface area contributed by atoms with Crippen LogP contribution in [0.3, 0.4) is 0 Å². The van der Waals surface area contributed by atoms with E-state index in [2.05, 4.69) is 5.32 Å². The molecule has 1 aromatic rings. The van der Waals surface area contributed by atoms with E-state index in [1.54, 1.807) is 4.90 Å². The molecule has 2 amide bonds. The molecule has 1 aromatic carbocycles. The van der Waals surface area contributed by atoms with Crippen molar-refractivity contribution in [2.24, 2.45) is 5.92 Å². The molecule has 2 rings (SSSR count). The van der Waals surface area contributed by atoms with Crippen molar-refractivity contribution in [3.8, 4) is 0 Å². The van der Waals surface area contributed by atoms with E-state index in [0.29, 0.717) is 25.6 Å². The average molecular weight is 348 g/mol. The Morgan fingerprint density at radius 2 is 1.96 bits per heavy atom. The maximum atomic E-state index is 12.0. The number of carbonyl (C=O) groups is 2. The highest BCUT2D eigenvalue weighted by atomic mass is 16.6. The highest BCUT2D eigenvalue weighted by Crippen LogP contribution is 2.21. The quantitative estimate of drug-likeness (QED) is 0.883. The van der Waals surface area contributed by atoms with Crippen molar-refractivity contribution in [1.29, 1.82) is 0 Å². The molecule has 0 radical (unpaired) electrons. The highest BCUT2D eigenvalue weighted by molar-refractivity contribution is 5.68. The van der Waals surface area contributed by atoms with E-state index in [1.165, 1.54) is 0 Å². The van der Waals surface area contributed by atoms with Crippen LogP contribution in [0.25, 0.3) is 0 Å². The second kappa shape index (κ2) is 8.74. The minimum atomic E-state index is -0.473. The highest BCUT2D eigenvalue weighted by Gasteiger charge is 2.29. The van der Waals surface area contributed by atoms with Gasteiger partial charge in [-0.3, -0.25) is 0 Å². The third kappa shape index (κ3) is 7.03. The summed E-state index contributed by atoms with van der Waals surface area (Å²) in [5, 5.41) is 2.77. The first-order valence-corrected chi connectivity index (χ1v) is 8.76. The van der Waals surface area contributed by atoms with Gasteiger partial charge in [0, 0.05) is 19.6 Å². The summed E-state index contributed by atoms with van der Waals surface area (Å²) in [6.45, 7) is 7.78. The van der Waals surface area contributed by atoms with Gasteiger partial charge in [0.15, 0.2) is 0 Å². The van der Waals surface area contributed by atoms with E-state index >= 15 is 0 Å². The fourth-order valence-corrected chi connectivity index (χ4v) is 2.71. The summed E-state index contributed by atoms with van der Waals surface area (Å²) < 4.78 is 10.6. The van der Waals surface area contributed by atoms with Crippen molar-refractivity contribution >= 4 is 12.2 Å². The van der Waals surface area contributed by atoms with E-state index in [9.17, 15) is 9.59 Å². The zero-order chi connectivity index (χ0) is 18.3. The molecule has 0 aliphatic carbocycles. The molecule has 0 bridgehead atoms. The van der Waals surface area contributed by atoms with Gasteiger partial charge in [-0.1, -0.05) is 30.3 Å². The number of benzene rings is 1. The Balaban J connectivity index is 1.61. The third-order valence-electron chi connectivity index (χ3n) is 3.97. The van der Waals surface area contributed by atoms with E-state index in [4.69, 9.17) is 9.47 Å². The van der Waals surface area contributed by atoms with Gasteiger partial charge >= 0.3 is 12.2 Å². The molecule has 1 heterocycles. The molecule has 0 spiro atoms. The van der Waals surface area contributed by atoms with Gasteiger partial charge < -0.3 is 19.7 Å². The van der Waals surface area contributed by atoms with Crippen LogP contribution >= 0.6 is 0 Å². The number of ether oxygens (including phenoxy) is 2. The Bertz CT molecular complexity index is 569. The second-order valence-corrected chi connectivity index (χ2v) is 7.36. The van der Waals surface area contributed by atoms with Crippen LogP contribution in [0.15, 0.2) is 30.3 Å². The predicted octanol–water partition coefficient (Wildman–Crippen LogP) is 3.56. The number of likely N-dealkylation sites (tertiary alicyclic amines) is 1. The zero-order valence-electron chi connectivity index (χ0n) is 15.3. The van der Waals surface area contributed by atoms with Crippen molar-refractivity contribution < 1.29 is 19.1 Å². The maximum Gasteiger partial charge on any atom is 0.410 e. The number of alkyl carbamates (subject to hydrolysis) is 1. The number of nitrogens with zero attached hydrogens (tertiary/aromatic N) is 1. The summed E-state index contributed by atoms with van der Waals surface area (Å²) >= 11 is 0. The first-order chi connectivity index (χ1) is 11.8. The molecule has 1 aliphatic heterocycles. The minimum absolute atomic E-state index is 0.259. The lowest BCUT2D eigenvalue weighted by Crippen LogP contribution is -2.35. The third-order valence-corrected chi connectivity index (χ3v) is 3.97. The van der Waals surface area contributed by atoms with Crippen LogP contribution in [0.5, 0.6) is 0 Å². The Labute approximate surface area is 149 Å². The maximum absolute atomic E-state index is 12.0. The summed E-state index contributed by atoms with van der Waals surface area (Å²) in [7, 11) is 0. The van der Waals surface area contributed by atoms with Gasteiger partial charge in [-0.15, -0.1) is 0 Å². The molecule has 0 aromatic heterocycles. The first kappa shape index (κ1) is 19.1. The number of hydrogen-bond acceptors (Lipinski definition) is 4. The SMILES string of the molecule is CC(C)(C)OC(=O)N1CC[C@@H](CCNC(=O)OCc2ccccc2)C1. The number of nitrogens with one attached hydrogen (secondary N) is 1. The number of hydrogen-bond donors (Lipinski definition) is 1. The van der Waals surface area contributed by atoms with E-state index < -0.39 is 11.7 Å². The van der Waals surface area contributed by atoms with Crippen molar-refractivity contribution in [1.82, 2.24) is 10.2 Å². The topological polar surface area (TPSA) is 67.9 Å². The van der Waals surface area contributed by atoms with Gasteiger partial charge in [0.05, 0.1) is 0 Å². The molecule has 6 heteroatoms. The fourth-order valence-electron chi connectivity index (χ4n) is 2.71. The summed E-state index contributed by atoms with van der Waals surface area (Å²) in [4.78, 5) is 25.5. The Morgan fingerprint density at radius 3 is 2.64 bits per heavy atom. The van der Waals surface area contributed by atoms with Gasteiger partial charge in [0.25, 0.3) is 0 Å². The molecule has 1 saturated heterocycles.